The van der Waals surface area contributed by atoms with Crippen molar-refractivity contribution in [3.8, 4) is 5.75 Å². The summed E-state index contributed by atoms with van der Waals surface area (Å²) in [6, 6.07) is 5.68. The zero-order valence-electron chi connectivity index (χ0n) is 13.1. The number of hydrogen-bond acceptors (Lipinski definition) is 5. The minimum absolute atomic E-state index is 0. The number of nitrogens with one attached hydrogen (secondary N) is 1. The molecule has 0 saturated heterocycles. The fraction of sp³-hybridized carbons (Fsp3) is 0.500. The fourth-order valence-corrected chi connectivity index (χ4v) is 2.74. The van der Waals surface area contributed by atoms with E-state index in [1.165, 1.54) is 19.2 Å². The Bertz CT molecular complexity index is 542. The molecule has 1 amide bonds. The van der Waals surface area contributed by atoms with Gasteiger partial charge >= 0.3 is 5.97 Å². The van der Waals surface area contributed by atoms with Crippen molar-refractivity contribution in [3.63, 3.8) is 0 Å². The predicted octanol–water partition coefficient (Wildman–Crippen LogP) is 1.29. The van der Waals surface area contributed by atoms with Gasteiger partial charge in [0.05, 0.1) is 12.6 Å². The lowest BCUT2D eigenvalue weighted by Crippen LogP contribution is -2.56. The van der Waals surface area contributed by atoms with E-state index in [1.54, 1.807) is 12.1 Å². The van der Waals surface area contributed by atoms with Crippen molar-refractivity contribution in [3.05, 3.63) is 29.8 Å². The van der Waals surface area contributed by atoms with Gasteiger partial charge in [-0.05, 0) is 30.5 Å². The van der Waals surface area contributed by atoms with E-state index in [-0.39, 0.29) is 30.5 Å². The quantitative estimate of drug-likeness (QED) is 0.700. The number of ether oxygens (including phenoxy) is 1. The summed E-state index contributed by atoms with van der Waals surface area (Å²) in [5, 5.41) is 12.0. The molecule has 1 saturated carbocycles. The van der Waals surface area contributed by atoms with E-state index in [4.69, 9.17) is 10.5 Å². The van der Waals surface area contributed by atoms with Gasteiger partial charge in [-0.15, -0.1) is 12.4 Å². The van der Waals surface area contributed by atoms with Gasteiger partial charge in [0, 0.05) is 6.42 Å². The molecule has 23 heavy (non-hydrogen) atoms. The number of methoxy groups -OCH3 is 1. The van der Waals surface area contributed by atoms with Crippen LogP contribution in [0.4, 0.5) is 0 Å². The first-order chi connectivity index (χ1) is 10.4. The topological polar surface area (TPSA) is 102 Å². The largest absolute Gasteiger partial charge is 0.508 e. The van der Waals surface area contributed by atoms with E-state index in [0.717, 1.165) is 18.4 Å². The molecule has 7 heteroatoms. The third-order valence-corrected chi connectivity index (χ3v) is 4.12. The average molecular weight is 343 g/mol. The Labute approximate surface area is 141 Å². The van der Waals surface area contributed by atoms with Gasteiger partial charge in [0.2, 0.25) is 5.91 Å². The molecule has 128 valence electrons. The number of halogens is 1. The van der Waals surface area contributed by atoms with E-state index in [2.05, 4.69) is 5.32 Å². The average Bonchev–Trinajstić information content (AvgIpc) is 2.96. The molecule has 6 nitrogen and oxygen atoms in total. The number of nitrogens with two attached hydrogens (primary N) is 1. The van der Waals surface area contributed by atoms with Crippen LogP contribution in [0, 0.1) is 0 Å². The van der Waals surface area contributed by atoms with Crippen LogP contribution in [0.3, 0.4) is 0 Å². The maximum Gasteiger partial charge on any atom is 0.328 e. The highest BCUT2D eigenvalue weighted by Crippen LogP contribution is 2.27. The van der Waals surface area contributed by atoms with Gasteiger partial charge in [-0.2, -0.15) is 0 Å². The molecule has 1 aromatic carbocycles. The Balaban J connectivity index is 0.00000264. The summed E-state index contributed by atoms with van der Waals surface area (Å²) in [5.41, 5.74) is 6.03. The number of rotatable bonds is 5. The highest BCUT2D eigenvalue weighted by molar-refractivity contribution is 5.90. The molecule has 2 rings (SSSR count). The smallest absolute Gasteiger partial charge is 0.328 e. The molecule has 4 N–H and O–H groups in total. The second-order valence-electron chi connectivity index (χ2n) is 5.78. The van der Waals surface area contributed by atoms with Gasteiger partial charge in [-0.1, -0.05) is 25.0 Å². The molecule has 0 bridgehead atoms. The number of carbonyl (C=O) groups excluding carboxylic acids is 2. The molecule has 1 atom stereocenters. The Morgan fingerprint density at radius 2 is 1.87 bits per heavy atom. The first-order valence-electron chi connectivity index (χ1n) is 7.40. The first kappa shape index (κ1) is 19.3. The summed E-state index contributed by atoms with van der Waals surface area (Å²) in [6.45, 7) is 0. The molecule has 1 fully saturated rings. The second kappa shape index (κ2) is 8.17. The number of phenolic OH excluding ortho intramolecular Hbond substituents is 1. The Morgan fingerprint density at radius 3 is 2.39 bits per heavy atom. The molecule has 1 aliphatic rings. The third-order valence-electron chi connectivity index (χ3n) is 4.12. The lowest BCUT2D eigenvalue weighted by Gasteiger charge is -2.25. The Hall–Kier alpha value is -1.79. The summed E-state index contributed by atoms with van der Waals surface area (Å²) in [6.07, 6.45) is 3.39. The van der Waals surface area contributed by atoms with Crippen LogP contribution in [0.25, 0.3) is 0 Å². The number of hydrogen-bond donors (Lipinski definition) is 3. The van der Waals surface area contributed by atoms with Crippen LogP contribution < -0.4 is 11.1 Å². The van der Waals surface area contributed by atoms with Crippen molar-refractivity contribution in [1.82, 2.24) is 5.32 Å². The van der Waals surface area contributed by atoms with Crippen LogP contribution in [-0.2, 0) is 20.7 Å². The van der Waals surface area contributed by atoms with Gasteiger partial charge < -0.3 is 20.9 Å². The molecule has 0 aromatic heterocycles. The number of benzene rings is 1. The molecule has 0 heterocycles. The normalized spacial score (nSPS) is 17.0. The molecular formula is C16H23ClN2O4. The summed E-state index contributed by atoms with van der Waals surface area (Å²) in [5.74, 6) is -0.670. The molecule has 0 aliphatic heterocycles. The highest BCUT2D eigenvalue weighted by Gasteiger charge is 2.38. The van der Waals surface area contributed by atoms with Gasteiger partial charge in [-0.25, -0.2) is 4.79 Å². The van der Waals surface area contributed by atoms with Crippen molar-refractivity contribution in [2.75, 3.05) is 7.11 Å². The minimum atomic E-state index is -0.888. The molecule has 1 aliphatic carbocycles. The van der Waals surface area contributed by atoms with Crippen LogP contribution in [0.5, 0.6) is 5.75 Å². The monoisotopic (exact) mass is 342 g/mol. The summed E-state index contributed by atoms with van der Waals surface area (Å²) in [7, 11) is 1.28. The summed E-state index contributed by atoms with van der Waals surface area (Å²) < 4.78 is 4.76. The highest BCUT2D eigenvalue weighted by atomic mass is 35.5. The van der Waals surface area contributed by atoms with Crippen molar-refractivity contribution < 1.29 is 19.4 Å². The molecular weight excluding hydrogens is 320 g/mol. The van der Waals surface area contributed by atoms with Crippen molar-refractivity contribution in [1.29, 1.82) is 0 Å². The minimum Gasteiger partial charge on any atom is -0.508 e. The standard InChI is InChI=1S/C16H22N2O4.ClH/c1-22-14(20)13(10-11-4-6-12(19)7-5-11)18-15(21)16(17)8-2-3-9-16;/h4-7,13,19H,2-3,8-10,17H2,1H3,(H,18,21);1H/t13-;/m0./s1. The number of phenols is 1. The van der Waals surface area contributed by atoms with Crippen LogP contribution >= 0.6 is 12.4 Å². The molecule has 0 radical (unpaired) electrons. The van der Waals surface area contributed by atoms with E-state index in [9.17, 15) is 14.7 Å². The fourth-order valence-electron chi connectivity index (χ4n) is 2.74. The third kappa shape index (κ3) is 4.84. The predicted molar refractivity (Wildman–Crippen MR) is 88.4 cm³/mol. The maximum absolute atomic E-state index is 12.4. The van der Waals surface area contributed by atoms with Crippen LogP contribution in [0.1, 0.15) is 31.2 Å². The van der Waals surface area contributed by atoms with Gasteiger partial charge in [-0.3, -0.25) is 4.79 Å². The van der Waals surface area contributed by atoms with Gasteiger partial charge in [0.25, 0.3) is 0 Å². The van der Waals surface area contributed by atoms with Crippen molar-refractivity contribution in [2.45, 2.75) is 43.7 Å². The molecule has 0 unspecified atom stereocenters. The zero-order chi connectivity index (χ0) is 16.2. The van der Waals surface area contributed by atoms with Crippen LogP contribution in [0.2, 0.25) is 0 Å². The SMILES string of the molecule is COC(=O)[C@H](Cc1ccc(O)cc1)NC(=O)C1(N)CCCC1.Cl. The lowest BCUT2D eigenvalue weighted by atomic mass is 9.96. The number of carbonyl (C=O) groups is 2. The Morgan fingerprint density at radius 1 is 1.30 bits per heavy atom. The number of esters is 1. The zero-order valence-corrected chi connectivity index (χ0v) is 13.9. The lowest BCUT2D eigenvalue weighted by molar-refractivity contribution is -0.145. The van der Waals surface area contributed by atoms with Crippen LogP contribution in [0.15, 0.2) is 24.3 Å². The van der Waals surface area contributed by atoms with E-state index in [1.807, 2.05) is 0 Å². The number of amides is 1. The van der Waals surface area contributed by atoms with Crippen molar-refractivity contribution in [2.24, 2.45) is 5.73 Å². The molecule has 0 spiro atoms. The maximum atomic E-state index is 12.4. The summed E-state index contributed by atoms with van der Waals surface area (Å²) in [4.78, 5) is 24.3. The van der Waals surface area contributed by atoms with Crippen LogP contribution in [-0.4, -0.2) is 35.7 Å². The first-order valence-corrected chi connectivity index (χ1v) is 7.40. The van der Waals surface area contributed by atoms with Gasteiger partial charge in [0.15, 0.2) is 0 Å². The van der Waals surface area contributed by atoms with Gasteiger partial charge in [0.1, 0.15) is 11.8 Å². The summed E-state index contributed by atoms with van der Waals surface area (Å²) >= 11 is 0. The van der Waals surface area contributed by atoms with E-state index >= 15 is 0 Å². The van der Waals surface area contributed by atoms with E-state index in [0.29, 0.717) is 12.8 Å². The van der Waals surface area contributed by atoms with E-state index < -0.39 is 17.6 Å². The second-order valence-corrected chi connectivity index (χ2v) is 5.78. The number of aromatic hydroxyl groups is 1. The Kier molecular flexibility index (Phi) is 6.84. The molecule has 1 aromatic rings. The van der Waals surface area contributed by atoms with Crippen molar-refractivity contribution >= 4 is 24.3 Å².